The third-order valence-corrected chi connectivity index (χ3v) is 5.07. The van der Waals surface area contributed by atoms with Gasteiger partial charge in [-0.3, -0.25) is 4.90 Å². The van der Waals surface area contributed by atoms with Gasteiger partial charge in [-0.1, -0.05) is 6.42 Å². The van der Waals surface area contributed by atoms with Crippen molar-refractivity contribution in [2.24, 2.45) is 0 Å². The van der Waals surface area contributed by atoms with Crippen LogP contribution < -0.4 is 5.32 Å². The minimum absolute atomic E-state index is 0.775. The summed E-state index contributed by atoms with van der Waals surface area (Å²) in [7, 11) is 2.05. The van der Waals surface area contributed by atoms with Gasteiger partial charge in [-0.05, 0) is 67.5 Å². The quantitative estimate of drug-likeness (QED) is 0.894. The Morgan fingerprint density at radius 1 is 1.47 bits per heavy atom. The Morgan fingerprint density at radius 3 is 3.06 bits per heavy atom. The van der Waals surface area contributed by atoms with Crippen molar-refractivity contribution >= 4 is 27.3 Å². The minimum atomic E-state index is 0.775. The zero-order valence-electron chi connectivity index (χ0n) is 10.4. The first kappa shape index (κ1) is 13.5. The first-order chi connectivity index (χ1) is 8.29. The summed E-state index contributed by atoms with van der Waals surface area (Å²) < 4.78 is 1.25. The topological polar surface area (TPSA) is 15.3 Å². The van der Waals surface area contributed by atoms with Crippen LogP contribution in [0.3, 0.4) is 0 Å². The van der Waals surface area contributed by atoms with Gasteiger partial charge in [0.05, 0.1) is 3.79 Å². The molecule has 0 aliphatic carbocycles. The van der Waals surface area contributed by atoms with E-state index in [1.165, 1.54) is 40.9 Å². The first-order valence-electron chi connectivity index (χ1n) is 6.42. The van der Waals surface area contributed by atoms with Gasteiger partial charge in [-0.15, -0.1) is 11.3 Å². The molecule has 1 aromatic heterocycles. The van der Waals surface area contributed by atoms with Gasteiger partial charge < -0.3 is 5.32 Å². The van der Waals surface area contributed by atoms with E-state index in [-0.39, 0.29) is 0 Å². The highest BCUT2D eigenvalue weighted by atomic mass is 79.9. The van der Waals surface area contributed by atoms with E-state index >= 15 is 0 Å². The SMILES string of the molecule is CNCCC1CCCCN1Cc1ccc(Br)s1. The summed E-state index contributed by atoms with van der Waals surface area (Å²) in [6.45, 7) is 3.53. The Morgan fingerprint density at radius 2 is 2.35 bits per heavy atom. The van der Waals surface area contributed by atoms with Gasteiger partial charge in [-0.25, -0.2) is 0 Å². The van der Waals surface area contributed by atoms with Crippen LogP contribution in [0, 0.1) is 0 Å². The maximum atomic E-state index is 3.54. The van der Waals surface area contributed by atoms with Crippen molar-refractivity contribution in [2.75, 3.05) is 20.1 Å². The molecule has 1 N–H and O–H groups in total. The van der Waals surface area contributed by atoms with Crippen LogP contribution in [0.25, 0.3) is 0 Å². The lowest BCUT2D eigenvalue weighted by atomic mass is 9.99. The van der Waals surface area contributed by atoms with E-state index in [9.17, 15) is 0 Å². The minimum Gasteiger partial charge on any atom is -0.320 e. The van der Waals surface area contributed by atoms with Crippen molar-refractivity contribution in [3.8, 4) is 0 Å². The molecule has 0 bridgehead atoms. The molecular formula is C13H21BrN2S. The number of halogens is 1. The molecule has 0 aromatic carbocycles. The van der Waals surface area contributed by atoms with Crippen LogP contribution in [-0.4, -0.2) is 31.1 Å². The number of nitrogens with zero attached hydrogens (tertiary/aromatic N) is 1. The average Bonchev–Trinajstić information content (AvgIpc) is 2.74. The fraction of sp³-hybridized carbons (Fsp3) is 0.692. The van der Waals surface area contributed by atoms with Crippen molar-refractivity contribution in [1.82, 2.24) is 10.2 Å². The van der Waals surface area contributed by atoms with Crippen LogP contribution in [0.1, 0.15) is 30.6 Å². The molecule has 1 saturated heterocycles. The molecule has 0 spiro atoms. The van der Waals surface area contributed by atoms with Gasteiger partial charge in [-0.2, -0.15) is 0 Å². The van der Waals surface area contributed by atoms with Gasteiger partial charge in [0, 0.05) is 17.5 Å². The third kappa shape index (κ3) is 4.05. The van der Waals surface area contributed by atoms with Crippen LogP contribution in [0.15, 0.2) is 15.9 Å². The molecule has 1 aliphatic rings. The highest BCUT2D eigenvalue weighted by Gasteiger charge is 2.22. The summed E-state index contributed by atoms with van der Waals surface area (Å²) in [6.07, 6.45) is 5.42. The molecule has 96 valence electrons. The fourth-order valence-corrected chi connectivity index (χ4v) is 4.05. The summed E-state index contributed by atoms with van der Waals surface area (Å²) in [5.41, 5.74) is 0. The standard InChI is InChI=1S/C13H21BrN2S/c1-15-8-7-11-4-2-3-9-16(11)10-12-5-6-13(14)17-12/h5-6,11,15H,2-4,7-10H2,1H3. The summed E-state index contributed by atoms with van der Waals surface area (Å²) in [5, 5.41) is 3.27. The largest absolute Gasteiger partial charge is 0.320 e. The van der Waals surface area contributed by atoms with Gasteiger partial charge in [0.25, 0.3) is 0 Å². The zero-order chi connectivity index (χ0) is 12.1. The number of piperidine rings is 1. The predicted octanol–water partition coefficient (Wildman–Crippen LogP) is 3.47. The van der Waals surface area contributed by atoms with Crippen LogP contribution in [-0.2, 0) is 6.54 Å². The van der Waals surface area contributed by atoms with Crippen LogP contribution in [0.4, 0.5) is 0 Å². The van der Waals surface area contributed by atoms with Crippen LogP contribution in [0.5, 0.6) is 0 Å². The van der Waals surface area contributed by atoms with Crippen molar-refractivity contribution in [2.45, 2.75) is 38.3 Å². The summed E-state index contributed by atoms with van der Waals surface area (Å²) in [5.74, 6) is 0. The lowest BCUT2D eigenvalue weighted by Crippen LogP contribution is -2.40. The highest BCUT2D eigenvalue weighted by Crippen LogP contribution is 2.27. The van der Waals surface area contributed by atoms with E-state index in [2.05, 4.69) is 38.3 Å². The van der Waals surface area contributed by atoms with Crippen molar-refractivity contribution in [3.05, 3.63) is 20.8 Å². The summed E-state index contributed by atoms with van der Waals surface area (Å²) >= 11 is 5.41. The monoisotopic (exact) mass is 316 g/mol. The molecule has 0 amide bonds. The molecular weight excluding hydrogens is 296 g/mol. The lowest BCUT2D eigenvalue weighted by molar-refractivity contribution is 0.134. The smallest absolute Gasteiger partial charge is 0.0701 e. The van der Waals surface area contributed by atoms with Crippen molar-refractivity contribution in [1.29, 1.82) is 0 Å². The third-order valence-electron chi connectivity index (χ3n) is 3.46. The first-order valence-corrected chi connectivity index (χ1v) is 8.03. The number of nitrogens with one attached hydrogen (secondary N) is 1. The molecule has 2 rings (SSSR count). The van der Waals surface area contributed by atoms with Gasteiger partial charge in [0.15, 0.2) is 0 Å². The Labute approximate surface area is 117 Å². The van der Waals surface area contributed by atoms with Crippen LogP contribution in [0.2, 0.25) is 0 Å². The number of thiophene rings is 1. The van der Waals surface area contributed by atoms with E-state index in [1.54, 1.807) is 0 Å². The van der Waals surface area contributed by atoms with E-state index in [0.717, 1.165) is 19.1 Å². The maximum Gasteiger partial charge on any atom is 0.0701 e. The second-order valence-corrected chi connectivity index (χ2v) is 7.27. The second kappa shape index (κ2) is 6.88. The molecule has 0 radical (unpaired) electrons. The van der Waals surface area contributed by atoms with E-state index in [1.807, 2.05) is 18.4 Å². The molecule has 1 unspecified atom stereocenters. The lowest BCUT2D eigenvalue weighted by Gasteiger charge is -2.35. The number of rotatable bonds is 5. The van der Waals surface area contributed by atoms with E-state index in [0.29, 0.717) is 0 Å². The molecule has 1 aliphatic heterocycles. The Balaban J connectivity index is 1.91. The van der Waals surface area contributed by atoms with E-state index in [4.69, 9.17) is 0 Å². The van der Waals surface area contributed by atoms with E-state index < -0.39 is 0 Å². The second-order valence-electron chi connectivity index (χ2n) is 4.72. The fourth-order valence-electron chi connectivity index (χ4n) is 2.54. The van der Waals surface area contributed by atoms with Crippen LogP contribution >= 0.6 is 27.3 Å². The number of hydrogen-bond acceptors (Lipinski definition) is 3. The molecule has 4 heteroatoms. The number of likely N-dealkylation sites (tertiary alicyclic amines) is 1. The summed E-state index contributed by atoms with van der Waals surface area (Å²) in [6, 6.07) is 5.18. The Bertz CT molecular complexity index is 340. The Kier molecular flexibility index (Phi) is 5.48. The molecule has 0 saturated carbocycles. The Hall–Kier alpha value is 0.1000. The summed E-state index contributed by atoms with van der Waals surface area (Å²) in [4.78, 5) is 4.15. The molecule has 2 nitrogen and oxygen atoms in total. The molecule has 2 heterocycles. The predicted molar refractivity (Wildman–Crippen MR) is 78.6 cm³/mol. The normalized spacial score (nSPS) is 21.9. The molecule has 1 aromatic rings. The van der Waals surface area contributed by atoms with Gasteiger partial charge in [0.1, 0.15) is 0 Å². The highest BCUT2D eigenvalue weighted by molar-refractivity contribution is 9.11. The van der Waals surface area contributed by atoms with Crippen molar-refractivity contribution in [3.63, 3.8) is 0 Å². The number of hydrogen-bond donors (Lipinski definition) is 1. The zero-order valence-corrected chi connectivity index (χ0v) is 12.8. The molecule has 17 heavy (non-hydrogen) atoms. The maximum absolute atomic E-state index is 3.54. The molecule has 1 fully saturated rings. The van der Waals surface area contributed by atoms with Crippen molar-refractivity contribution < 1.29 is 0 Å². The molecule has 1 atom stereocenters. The average molecular weight is 317 g/mol. The van der Waals surface area contributed by atoms with Gasteiger partial charge in [0.2, 0.25) is 0 Å². The van der Waals surface area contributed by atoms with Gasteiger partial charge >= 0.3 is 0 Å².